The smallest absolute Gasteiger partial charge is 0.0624 e. The van der Waals surface area contributed by atoms with Crippen LogP contribution in [0.15, 0.2) is 6.07 Å². The topological polar surface area (TPSA) is 55.9 Å². The van der Waals surface area contributed by atoms with Crippen molar-refractivity contribution < 1.29 is 0 Å². The summed E-state index contributed by atoms with van der Waals surface area (Å²) in [5.41, 5.74) is 5.43. The highest BCUT2D eigenvalue weighted by Gasteiger charge is 2.24. The SMILES string of the molecule is CCc1cc(CC(NN)C2CSCCS2)n(C)n1. The van der Waals surface area contributed by atoms with Gasteiger partial charge in [-0.25, -0.2) is 0 Å². The van der Waals surface area contributed by atoms with Crippen LogP contribution in [0, 0.1) is 0 Å². The fraction of sp³-hybridized carbons (Fsp3) is 0.750. The molecule has 102 valence electrons. The van der Waals surface area contributed by atoms with Crippen LogP contribution in [-0.4, -0.2) is 38.3 Å². The lowest BCUT2D eigenvalue weighted by atomic mass is 10.1. The fourth-order valence-corrected chi connectivity index (χ4v) is 5.07. The fourth-order valence-electron chi connectivity index (χ4n) is 2.20. The van der Waals surface area contributed by atoms with Crippen molar-refractivity contribution in [3.8, 4) is 0 Å². The number of thioether (sulfide) groups is 2. The van der Waals surface area contributed by atoms with E-state index in [2.05, 4.69) is 23.5 Å². The zero-order chi connectivity index (χ0) is 13.0. The number of nitrogens with one attached hydrogen (secondary N) is 1. The van der Waals surface area contributed by atoms with E-state index in [0.717, 1.165) is 18.5 Å². The standard InChI is InChI=1S/C12H22N4S2/c1-3-9-6-10(16(2)15-9)7-11(14-13)12-8-17-4-5-18-12/h6,11-12,14H,3-5,7-8,13H2,1-2H3. The van der Waals surface area contributed by atoms with Gasteiger partial charge in [-0.1, -0.05) is 6.92 Å². The Bertz CT molecular complexity index is 374. The molecule has 1 aliphatic heterocycles. The van der Waals surface area contributed by atoms with E-state index < -0.39 is 0 Å². The third kappa shape index (κ3) is 3.44. The largest absolute Gasteiger partial charge is 0.272 e. The van der Waals surface area contributed by atoms with Gasteiger partial charge in [0.1, 0.15) is 0 Å². The molecule has 0 spiro atoms. The van der Waals surface area contributed by atoms with Crippen LogP contribution in [0.3, 0.4) is 0 Å². The predicted molar refractivity (Wildman–Crippen MR) is 81.0 cm³/mol. The van der Waals surface area contributed by atoms with Gasteiger partial charge in [0, 0.05) is 47.7 Å². The van der Waals surface area contributed by atoms with E-state index in [1.54, 1.807) is 0 Å². The Kier molecular flexibility index (Phi) is 5.41. The van der Waals surface area contributed by atoms with E-state index in [-0.39, 0.29) is 0 Å². The zero-order valence-corrected chi connectivity index (χ0v) is 12.7. The number of nitrogens with zero attached hydrogens (tertiary/aromatic N) is 2. The monoisotopic (exact) mass is 286 g/mol. The van der Waals surface area contributed by atoms with Crippen LogP contribution in [0.25, 0.3) is 0 Å². The second-order valence-corrected chi connectivity index (χ2v) is 7.06. The lowest BCUT2D eigenvalue weighted by Gasteiger charge is -2.28. The third-order valence-electron chi connectivity index (χ3n) is 3.32. The maximum atomic E-state index is 5.74. The molecule has 0 amide bonds. The highest BCUT2D eigenvalue weighted by molar-refractivity contribution is 8.06. The summed E-state index contributed by atoms with van der Waals surface area (Å²) in [6, 6.07) is 2.54. The molecule has 0 aliphatic carbocycles. The van der Waals surface area contributed by atoms with E-state index in [9.17, 15) is 0 Å². The Morgan fingerprint density at radius 3 is 3.00 bits per heavy atom. The summed E-state index contributed by atoms with van der Waals surface area (Å²) in [5, 5.41) is 5.10. The van der Waals surface area contributed by atoms with Crippen LogP contribution < -0.4 is 11.3 Å². The quantitative estimate of drug-likeness (QED) is 0.629. The van der Waals surface area contributed by atoms with E-state index >= 15 is 0 Å². The van der Waals surface area contributed by atoms with Crippen molar-refractivity contribution >= 4 is 23.5 Å². The van der Waals surface area contributed by atoms with Crippen LogP contribution in [0.1, 0.15) is 18.3 Å². The Labute approximate surface area is 117 Å². The average Bonchev–Trinajstić information content (AvgIpc) is 2.77. The molecule has 2 rings (SSSR count). The maximum Gasteiger partial charge on any atom is 0.0624 e. The highest BCUT2D eigenvalue weighted by atomic mass is 32.2. The van der Waals surface area contributed by atoms with Crippen LogP contribution >= 0.6 is 23.5 Å². The Balaban J connectivity index is 2.02. The summed E-state index contributed by atoms with van der Waals surface area (Å²) >= 11 is 4.07. The van der Waals surface area contributed by atoms with Crippen molar-refractivity contribution in [2.24, 2.45) is 12.9 Å². The number of nitrogens with two attached hydrogens (primary N) is 1. The number of aromatic nitrogens is 2. The van der Waals surface area contributed by atoms with E-state index in [0.29, 0.717) is 11.3 Å². The predicted octanol–water partition coefficient (Wildman–Crippen LogP) is 1.21. The van der Waals surface area contributed by atoms with Crippen molar-refractivity contribution in [3.63, 3.8) is 0 Å². The molecule has 0 saturated carbocycles. The van der Waals surface area contributed by atoms with E-state index in [1.807, 2.05) is 35.3 Å². The summed E-state index contributed by atoms with van der Waals surface area (Å²) in [7, 11) is 2.02. The normalized spacial score (nSPS) is 22.1. The minimum Gasteiger partial charge on any atom is -0.272 e. The van der Waals surface area contributed by atoms with Crippen LogP contribution in [0.4, 0.5) is 0 Å². The van der Waals surface area contributed by atoms with Gasteiger partial charge in [0.2, 0.25) is 0 Å². The molecular weight excluding hydrogens is 264 g/mol. The van der Waals surface area contributed by atoms with Crippen LogP contribution in [-0.2, 0) is 19.9 Å². The minimum absolute atomic E-state index is 0.336. The lowest BCUT2D eigenvalue weighted by Crippen LogP contribution is -2.46. The summed E-state index contributed by atoms with van der Waals surface area (Å²) < 4.78 is 1.99. The first kappa shape index (κ1) is 14.2. The van der Waals surface area contributed by atoms with Crippen molar-refractivity contribution in [2.75, 3.05) is 17.3 Å². The molecule has 6 heteroatoms. The van der Waals surface area contributed by atoms with E-state index in [1.165, 1.54) is 23.0 Å². The number of hydrazine groups is 1. The van der Waals surface area contributed by atoms with Gasteiger partial charge in [0.05, 0.1) is 5.69 Å². The first-order valence-electron chi connectivity index (χ1n) is 6.41. The van der Waals surface area contributed by atoms with E-state index in [4.69, 9.17) is 5.84 Å². The van der Waals surface area contributed by atoms with Gasteiger partial charge in [-0.3, -0.25) is 16.0 Å². The first-order chi connectivity index (χ1) is 8.74. The van der Waals surface area contributed by atoms with Gasteiger partial charge in [0.25, 0.3) is 0 Å². The molecule has 1 fully saturated rings. The molecule has 1 aromatic rings. The first-order valence-corrected chi connectivity index (χ1v) is 8.62. The van der Waals surface area contributed by atoms with Gasteiger partial charge < -0.3 is 0 Å². The number of hydrogen-bond acceptors (Lipinski definition) is 5. The van der Waals surface area contributed by atoms with Crippen LogP contribution in [0.2, 0.25) is 0 Å². The number of hydrogen-bond donors (Lipinski definition) is 2. The molecule has 3 N–H and O–H groups in total. The minimum atomic E-state index is 0.336. The van der Waals surface area contributed by atoms with Crippen LogP contribution in [0.5, 0.6) is 0 Å². The second-order valence-electron chi connectivity index (χ2n) is 4.57. The van der Waals surface area contributed by atoms with Crippen molar-refractivity contribution in [1.82, 2.24) is 15.2 Å². The third-order valence-corrected chi connectivity index (χ3v) is 6.24. The lowest BCUT2D eigenvalue weighted by molar-refractivity contribution is 0.506. The molecule has 2 unspecified atom stereocenters. The van der Waals surface area contributed by atoms with Gasteiger partial charge >= 0.3 is 0 Å². The molecule has 0 radical (unpaired) electrons. The molecule has 2 atom stereocenters. The Morgan fingerprint density at radius 2 is 2.44 bits per heavy atom. The van der Waals surface area contributed by atoms with Crippen molar-refractivity contribution in [1.29, 1.82) is 0 Å². The van der Waals surface area contributed by atoms with Gasteiger partial charge in [-0.2, -0.15) is 28.6 Å². The van der Waals surface area contributed by atoms with Crippen molar-refractivity contribution in [2.45, 2.75) is 31.1 Å². The number of rotatable bonds is 5. The molecule has 2 heterocycles. The molecule has 0 aromatic carbocycles. The summed E-state index contributed by atoms with van der Waals surface area (Å²) in [5.74, 6) is 9.43. The molecule has 1 saturated heterocycles. The maximum absolute atomic E-state index is 5.74. The highest BCUT2D eigenvalue weighted by Crippen LogP contribution is 2.27. The second kappa shape index (κ2) is 6.84. The van der Waals surface area contributed by atoms with Gasteiger partial charge in [-0.05, 0) is 12.5 Å². The summed E-state index contributed by atoms with van der Waals surface area (Å²) in [6.45, 7) is 2.14. The molecule has 18 heavy (non-hydrogen) atoms. The van der Waals surface area contributed by atoms with Gasteiger partial charge in [0.15, 0.2) is 0 Å². The summed E-state index contributed by atoms with van der Waals surface area (Å²) in [6.07, 6.45) is 1.95. The Hall–Kier alpha value is -0.170. The molecule has 1 aromatic heterocycles. The summed E-state index contributed by atoms with van der Waals surface area (Å²) in [4.78, 5) is 0. The Morgan fingerprint density at radius 1 is 1.61 bits per heavy atom. The molecule has 4 nitrogen and oxygen atoms in total. The molecule has 1 aliphatic rings. The van der Waals surface area contributed by atoms with Gasteiger partial charge in [-0.15, -0.1) is 0 Å². The number of aryl methyl sites for hydroxylation is 2. The average molecular weight is 286 g/mol. The molecular formula is C12H22N4S2. The van der Waals surface area contributed by atoms with Crippen molar-refractivity contribution in [3.05, 3.63) is 17.5 Å². The molecule has 0 bridgehead atoms. The zero-order valence-electron chi connectivity index (χ0n) is 11.1.